The van der Waals surface area contributed by atoms with Gasteiger partial charge in [-0.2, -0.15) is 0 Å². The minimum absolute atomic E-state index is 0.0701. The van der Waals surface area contributed by atoms with E-state index >= 15 is 0 Å². The van der Waals surface area contributed by atoms with E-state index in [0.717, 1.165) is 30.9 Å². The first-order chi connectivity index (χ1) is 12.5. The second kappa shape index (κ2) is 6.16. The standard InChI is InChI=1S/C19H23N5O2/c1-12-6-4-5-9-23(12)19-20-11-16-17(25)21-14-8-7-13(18(26)22(2)3)10-15(14)24(16)19/h7-8,10-12H,4-6,9H2,1-3H3,(H,21,25). The molecule has 1 unspecified atom stereocenters. The van der Waals surface area contributed by atoms with E-state index in [1.165, 1.54) is 6.42 Å². The number of nitrogens with one attached hydrogen (secondary N) is 1. The molecule has 7 nitrogen and oxygen atoms in total. The zero-order chi connectivity index (χ0) is 18.4. The summed E-state index contributed by atoms with van der Waals surface area (Å²) >= 11 is 0. The van der Waals surface area contributed by atoms with Crippen molar-refractivity contribution >= 4 is 28.4 Å². The third-order valence-corrected chi connectivity index (χ3v) is 5.18. The molecule has 1 saturated heterocycles. The molecule has 3 heterocycles. The highest BCUT2D eigenvalue weighted by molar-refractivity contribution is 5.97. The Bertz CT molecular complexity index is 1050. The summed E-state index contributed by atoms with van der Waals surface area (Å²) in [6.07, 6.45) is 5.06. The molecule has 4 rings (SSSR count). The summed E-state index contributed by atoms with van der Waals surface area (Å²) in [5.41, 5.74) is 2.40. The first kappa shape index (κ1) is 16.6. The fourth-order valence-electron chi connectivity index (χ4n) is 3.74. The molecule has 1 amide bonds. The van der Waals surface area contributed by atoms with Crippen LogP contribution in [0.5, 0.6) is 0 Å². The largest absolute Gasteiger partial charge is 0.345 e. The summed E-state index contributed by atoms with van der Waals surface area (Å²) < 4.78 is 1.89. The zero-order valence-electron chi connectivity index (χ0n) is 15.3. The predicted molar refractivity (Wildman–Crippen MR) is 102 cm³/mol. The van der Waals surface area contributed by atoms with E-state index < -0.39 is 0 Å². The Morgan fingerprint density at radius 2 is 2.08 bits per heavy atom. The third kappa shape index (κ3) is 2.55. The normalized spacial score (nSPS) is 17.8. The average molecular weight is 353 g/mol. The number of benzene rings is 1. The van der Waals surface area contributed by atoms with E-state index in [2.05, 4.69) is 21.8 Å². The molecule has 1 aromatic carbocycles. The number of rotatable bonds is 2. The Labute approximate surface area is 151 Å². The number of imidazole rings is 1. The first-order valence-corrected chi connectivity index (χ1v) is 8.99. The molecule has 0 radical (unpaired) electrons. The highest BCUT2D eigenvalue weighted by Crippen LogP contribution is 2.26. The van der Waals surface area contributed by atoms with Crippen molar-refractivity contribution in [3.8, 4) is 0 Å². The highest BCUT2D eigenvalue weighted by atomic mass is 16.2. The second-order valence-corrected chi connectivity index (χ2v) is 7.20. The summed E-state index contributed by atoms with van der Waals surface area (Å²) in [6.45, 7) is 3.11. The molecule has 0 aliphatic carbocycles. The molecule has 1 aliphatic heterocycles. The molecule has 0 saturated carbocycles. The Kier molecular flexibility index (Phi) is 3.94. The number of amides is 1. The number of carbonyl (C=O) groups excluding carboxylic acids is 1. The van der Waals surface area contributed by atoms with Crippen LogP contribution in [-0.2, 0) is 0 Å². The van der Waals surface area contributed by atoms with Gasteiger partial charge in [0.2, 0.25) is 5.95 Å². The summed E-state index contributed by atoms with van der Waals surface area (Å²) in [6, 6.07) is 5.73. The maximum atomic E-state index is 12.5. The van der Waals surface area contributed by atoms with Crippen LogP contribution in [0.25, 0.3) is 16.6 Å². The van der Waals surface area contributed by atoms with Crippen molar-refractivity contribution < 1.29 is 4.79 Å². The number of piperidine rings is 1. The topological polar surface area (TPSA) is 73.7 Å². The van der Waals surface area contributed by atoms with Crippen LogP contribution in [0.4, 0.5) is 5.95 Å². The van der Waals surface area contributed by atoms with Crippen molar-refractivity contribution in [3.63, 3.8) is 0 Å². The van der Waals surface area contributed by atoms with Gasteiger partial charge in [-0.15, -0.1) is 0 Å². The number of H-pyrrole nitrogens is 1. The van der Waals surface area contributed by atoms with Gasteiger partial charge in [0, 0.05) is 32.2 Å². The number of fused-ring (bicyclic) bond motifs is 3. The summed E-state index contributed by atoms with van der Waals surface area (Å²) in [5.74, 6) is 0.706. The quantitative estimate of drug-likeness (QED) is 0.767. The number of nitrogens with zero attached hydrogens (tertiary/aromatic N) is 4. The van der Waals surface area contributed by atoms with Crippen molar-refractivity contribution in [2.75, 3.05) is 25.5 Å². The van der Waals surface area contributed by atoms with Gasteiger partial charge < -0.3 is 14.8 Å². The van der Waals surface area contributed by atoms with Gasteiger partial charge in [0.25, 0.3) is 11.5 Å². The van der Waals surface area contributed by atoms with E-state index in [1.807, 2.05) is 10.5 Å². The van der Waals surface area contributed by atoms with Crippen molar-refractivity contribution in [2.45, 2.75) is 32.2 Å². The Morgan fingerprint density at radius 3 is 2.81 bits per heavy atom. The van der Waals surface area contributed by atoms with E-state index in [-0.39, 0.29) is 11.5 Å². The van der Waals surface area contributed by atoms with Crippen LogP contribution < -0.4 is 10.5 Å². The lowest BCUT2D eigenvalue weighted by atomic mass is 10.0. The molecule has 0 spiro atoms. The molecule has 136 valence electrons. The van der Waals surface area contributed by atoms with E-state index in [1.54, 1.807) is 37.3 Å². The molecule has 1 atom stereocenters. The summed E-state index contributed by atoms with van der Waals surface area (Å²) in [7, 11) is 3.46. The molecular weight excluding hydrogens is 330 g/mol. The number of aromatic nitrogens is 3. The van der Waals surface area contributed by atoms with E-state index in [0.29, 0.717) is 22.6 Å². The monoisotopic (exact) mass is 353 g/mol. The molecule has 1 aliphatic rings. The van der Waals surface area contributed by atoms with Crippen molar-refractivity contribution in [3.05, 3.63) is 40.3 Å². The van der Waals surface area contributed by atoms with Gasteiger partial charge in [0.15, 0.2) is 0 Å². The predicted octanol–water partition coefficient (Wildman–Crippen LogP) is 2.26. The molecule has 0 bridgehead atoms. The molecule has 3 aromatic rings. The fourth-order valence-corrected chi connectivity index (χ4v) is 3.74. The lowest BCUT2D eigenvalue weighted by Gasteiger charge is -2.33. The number of carbonyl (C=O) groups is 1. The maximum Gasteiger partial charge on any atom is 0.274 e. The lowest BCUT2D eigenvalue weighted by Crippen LogP contribution is -2.38. The van der Waals surface area contributed by atoms with E-state index in [9.17, 15) is 9.59 Å². The molecule has 1 N–H and O–H groups in total. The van der Waals surface area contributed by atoms with Crippen molar-refractivity contribution in [1.29, 1.82) is 0 Å². The number of hydrogen-bond acceptors (Lipinski definition) is 4. The van der Waals surface area contributed by atoms with Gasteiger partial charge in [-0.1, -0.05) is 0 Å². The minimum atomic E-state index is -0.174. The number of anilines is 1. The molecule has 1 fully saturated rings. The minimum Gasteiger partial charge on any atom is -0.345 e. The van der Waals surface area contributed by atoms with Gasteiger partial charge in [-0.3, -0.25) is 14.0 Å². The lowest BCUT2D eigenvalue weighted by molar-refractivity contribution is 0.0827. The Morgan fingerprint density at radius 1 is 1.27 bits per heavy atom. The van der Waals surface area contributed by atoms with E-state index in [4.69, 9.17) is 0 Å². The van der Waals surface area contributed by atoms with Gasteiger partial charge in [-0.25, -0.2) is 4.98 Å². The molecule has 7 heteroatoms. The zero-order valence-corrected chi connectivity index (χ0v) is 15.3. The molecule has 26 heavy (non-hydrogen) atoms. The fraction of sp³-hybridized carbons (Fsp3) is 0.421. The van der Waals surface area contributed by atoms with Crippen LogP contribution in [-0.4, -0.2) is 51.9 Å². The summed E-state index contributed by atoms with van der Waals surface area (Å²) in [5, 5.41) is 0. The average Bonchev–Trinajstić information content (AvgIpc) is 3.07. The van der Waals surface area contributed by atoms with Crippen LogP contribution in [0.3, 0.4) is 0 Å². The molecular formula is C19H23N5O2. The maximum absolute atomic E-state index is 12.5. The van der Waals surface area contributed by atoms with Crippen molar-refractivity contribution in [1.82, 2.24) is 19.3 Å². The molecule has 2 aromatic heterocycles. The van der Waals surface area contributed by atoms with Crippen LogP contribution in [0.15, 0.2) is 29.2 Å². The summed E-state index contributed by atoms with van der Waals surface area (Å²) in [4.78, 5) is 36.1. The van der Waals surface area contributed by atoms with Crippen LogP contribution in [0.1, 0.15) is 36.5 Å². The van der Waals surface area contributed by atoms with Gasteiger partial charge in [-0.05, 0) is 44.4 Å². The first-order valence-electron chi connectivity index (χ1n) is 8.99. The van der Waals surface area contributed by atoms with Crippen LogP contribution in [0.2, 0.25) is 0 Å². The third-order valence-electron chi connectivity index (χ3n) is 5.18. The number of aromatic amines is 1. The van der Waals surface area contributed by atoms with Crippen LogP contribution in [0, 0.1) is 0 Å². The van der Waals surface area contributed by atoms with Gasteiger partial charge in [0.05, 0.1) is 17.2 Å². The van der Waals surface area contributed by atoms with Gasteiger partial charge in [0.1, 0.15) is 5.52 Å². The van der Waals surface area contributed by atoms with Crippen molar-refractivity contribution in [2.24, 2.45) is 0 Å². The highest BCUT2D eigenvalue weighted by Gasteiger charge is 2.24. The number of hydrogen-bond donors (Lipinski definition) is 1. The SMILES string of the molecule is CC1CCCCN1c1ncc2c(=O)[nH]c3ccc(C(=O)N(C)C)cc3n12. The van der Waals surface area contributed by atoms with Crippen LogP contribution >= 0.6 is 0 Å². The second-order valence-electron chi connectivity index (χ2n) is 7.20. The Hall–Kier alpha value is -2.83. The Balaban J connectivity index is 1.99. The smallest absolute Gasteiger partial charge is 0.274 e. The van der Waals surface area contributed by atoms with Gasteiger partial charge >= 0.3 is 0 Å².